The number of nitrogens with one attached hydrogen (secondary N) is 1. The molecule has 0 aliphatic heterocycles. The second-order valence-corrected chi connectivity index (χ2v) is 3.52. The number of aliphatic hydroxyl groups is 1. The molecule has 0 bridgehead atoms. The summed E-state index contributed by atoms with van der Waals surface area (Å²) in [6.07, 6.45) is 1.19. The molecule has 0 radical (unpaired) electrons. The Bertz CT molecular complexity index is 351. The minimum absolute atomic E-state index is 0.0180. The predicted molar refractivity (Wildman–Crippen MR) is 60.2 cm³/mol. The van der Waals surface area contributed by atoms with Crippen LogP contribution in [0.5, 0.6) is 0 Å². The maximum Gasteiger partial charge on any atom is 0.139 e. The number of nitrogens with two attached hydrogens (primary N) is 1. The molecule has 82 valence electrons. The lowest BCUT2D eigenvalue weighted by molar-refractivity contribution is 0.201. The Morgan fingerprint density at radius 2 is 2.40 bits per heavy atom. The summed E-state index contributed by atoms with van der Waals surface area (Å²) in [5.41, 5.74) is 6.02. The van der Waals surface area contributed by atoms with Crippen LogP contribution in [0.15, 0.2) is 18.3 Å². The number of hydrogen-bond acceptors (Lipinski definition) is 4. The van der Waals surface area contributed by atoms with Gasteiger partial charge in [-0.2, -0.15) is 0 Å². The molecule has 0 saturated carbocycles. The van der Waals surface area contributed by atoms with E-state index in [2.05, 4.69) is 4.98 Å². The first-order valence-electron chi connectivity index (χ1n) is 4.71. The summed E-state index contributed by atoms with van der Waals surface area (Å²) in [6, 6.07) is 3.47. The first-order chi connectivity index (χ1) is 7.02. The van der Waals surface area contributed by atoms with Gasteiger partial charge in [0.25, 0.3) is 0 Å². The Hall–Kier alpha value is -1.62. The van der Waals surface area contributed by atoms with E-state index in [-0.39, 0.29) is 5.84 Å². The van der Waals surface area contributed by atoms with Crippen molar-refractivity contribution in [2.75, 3.05) is 18.5 Å². The van der Waals surface area contributed by atoms with E-state index in [9.17, 15) is 5.11 Å². The average molecular weight is 208 g/mol. The number of anilines is 1. The average Bonchev–Trinajstić information content (AvgIpc) is 2.16. The van der Waals surface area contributed by atoms with Crippen LogP contribution in [-0.4, -0.2) is 35.6 Å². The molecule has 0 spiro atoms. The number of likely N-dealkylation sites (N-methyl/N-ethyl adjacent to an activating group) is 1. The summed E-state index contributed by atoms with van der Waals surface area (Å²) in [5, 5.41) is 16.7. The summed E-state index contributed by atoms with van der Waals surface area (Å²) < 4.78 is 0. The SMILES string of the molecule is CC(O)CN(C)c1ncccc1C(=N)N. The second kappa shape index (κ2) is 4.75. The Labute approximate surface area is 89.1 Å². The molecule has 1 rings (SSSR count). The van der Waals surface area contributed by atoms with Gasteiger partial charge in [-0.15, -0.1) is 0 Å². The van der Waals surface area contributed by atoms with Gasteiger partial charge >= 0.3 is 0 Å². The van der Waals surface area contributed by atoms with Crippen molar-refractivity contribution in [2.45, 2.75) is 13.0 Å². The fraction of sp³-hybridized carbons (Fsp3) is 0.400. The van der Waals surface area contributed by atoms with E-state index in [1.807, 2.05) is 7.05 Å². The molecule has 0 aliphatic carbocycles. The van der Waals surface area contributed by atoms with Gasteiger partial charge in [0, 0.05) is 19.8 Å². The Morgan fingerprint density at radius 3 is 2.93 bits per heavy atom. The van der Waals surface area contributed by atoms with Gasteiger partial charge in [0.05, 0.1) is 11.7 Å². The summed E-state index contributed by atoms with van der Waals surface area (Å²) in [5.74, 6) is 0.599. The zero-order valence-corrected chi connectivity index (χ0v) is 8.94. The van der Waals surface area contributed by atoms with E-state index >= 15 is 0 Å². The van der Waals surface area contributed by atoms with Crippen molar-refractivity contribution in [1.29, 1.82) is 5.41 Å². The topological polar surface area (TPSA) is 86.2 Å². The maximum absolute atomic E-state index is 9.26. The molecule has 0 fully saturated rings. The second-order valence-electron chi connectivity index (χ2n) is 3.52. The molecule has 4 N–H and O–H groups in total. The van der Waals surface area contributed by atoms with E-state index in [1.165, 1.54) is 0 Å². The van der Waals surface area contributed by atoms with Crippen LogP contribution in [0.1, 0.15) is 12.5 Å². The van der Waals surface area contributed by atoms with Crippen LogP contribution in [0, 0.1) is 5.41 Å². The van der Waals surface area contributed by atoms with Gasteiger partial charge in [-0.25, -0.2) is 4.98 Å². The maximum atomic E-state index is 9.26. The third-order valence-corrected chi connectivity index (χ3v) is 1.98. The van der Waals surface area contributed by atoms with Crippen LogP contribution >= 0.6 is 0 Å². The minimum Gasteiger partial charge on any atom is -0.392 e. The van der Waals surface area contributed by atoms with Crippen LogP contribution in [0.2, 0.25) is 0 Å². The zero-order chi connectivity index (χ0) is 11.4. The van der Waals surface area contributed by atoms with Gasteiger partial charge in [-0.1, -0.05) is 0 Å². The number of rotatable bonds is 4. The summed E-state index contributed by atoms with van der Waals surface area (Å²) in [4.78, 5) is 5.93. The van der Waals surface area contributed by atoms with Gasteiger partial charge < -0.3 is 15.7 Å². The van der Waals surface area contributed by atoms with Crippen molar-refractivity contribution in [3.8, 4) is 0 Å². The van der Waals surface area contributed by atoms with Gasteiger partial charge in [0.1, 0.15) is 11.7 Å². The van der Waals surface area contributed by atoms with Crippen molar-refractivity contribution in [1.82, 2.24) is 4.98 Å². The van der Waals surface area contributed by atoms with E-state index in [4.69, 9.17) is 11.1 Å². The molecule has 1 aromatic heterocycles. The molecule has 0 saturated heterocycles. The molecule has 0 aliphatic rings. The lowest BCUT2D eigenvalue weighted by atomic mass is 10.2. The van der Waals surface area contributed by atoms with Gasteiger partial charge in [-0.3, -0.25) is 5.41 Å². The minimum atomic E-state index is -0.447. The van der Waals surface area contributed by atoms with Crippen molar-refractivity contribution in [2.24, 2.45) is 5.73 Å². The van der Waals surface area contributed by atoms with Crippen molar-refractivity contribution < 1.29 is 5.11 Å². The molecule has 1 aromatic rings. The fourth-order valence-electron chi connectivity index (χ4n) is 1.39. The number of nitrogens with zero attached hydrogens (tertiary/aromatic N) is 2. The van der Waals surface area contributed by atoms with Crippen molar-refractivity contribution in [3.63, 3.8) is 0 Å². The van der Waals surface area contributed by atoms with Gasteiger partial charge in [0.15, 0.2) is 0 Å². The standard InChI is InChI=1S/C10H16N4O/c1-7(15)6-14(2)10-8(9(11)12)4-3-5-13-10/h3-5,7,15H,6H2,1-2H3,(H3,11,12). The highest BCUT2D eigenvalue weighted by Gasteiger charge is 2.11. The molecular weight excluding hydrogens is 192 g/mol. The van der Waals surface area contributed by atoms with E-state index < -0.39 is 6.10 Å². The predicted octanol–water partition coefficient (Wildman–Crippen LogP) is 0.183. The monoisotopic (exact) mass is 208 g/mol. The molecule has 1 heterocycles. The molecule has 15 heavy (non-hydrogen) atoms. The Balaban J connectivity index is 2.97. The van der Waals surface area contributed by atoms with Crippen LogP contribution in [0.25, 0.3) is 0 Å². The van der Waals surface area contributed by atoms with Gasteiger partial charge in [0.2, 0.25) is 0 Å². The molecular formula is C10H16N4O. The van der Waals surface area contributed by atoms with Crippen molar-refractivity contribution in [3.05, 3.63) is 23.9 Å². The number of aliphatic hydroxyl groups excluding tert-OH is 1. The summed E-state index contributed by atoms with van der Waals surface area (Å²) in [7, 11) is 1.81. The number of hydrogen-bond donors (Lipinski definition) is 3. The highest BCUT2D eigenvalue weighted by Crippen LogP contribution is 2.14. The largest absolute Gasteiger partial charge is 0.392 e. The smallest absolute Gasteiger partial charge is 0.139 e. The third-order valence-electron chi connectivity index (χ3n) is 1.98. The van der Waals surface area contributed by atoms with E-state index in [0.29, 0.717) is 17.9 Å². The molecule has 5 heteroatoms. The van der Waals surface area contributed by atoms with Crippen LogP contribution in [0.3, 0.4) is 0 Å². The third kappa shape index (κ3) is 2.92. The Kier molecular flexibility index (Phi) is 3.62. The van der Waals surface area contributed by atoms with Crippen LogP contribution < -0.4 is 10.6 Å². The zero-order valence-electron chi connectivity index (χ0n) is 8.94. The number of amidine groups is 1. The highest BCUT2D eigenvalue weighted by molar-refractivity contribution is 5.99. The number of pyridine rings is 1. The molecule has 0 aromatic carbocycles. The first kappa shape index (κ1) is 11.5. The molecule has 1 atom stereocenters. The lowest BCUT2D eigenvalue weighted by Crippen LogP contribution is -2.30. The quantitative estimate of drug-likeness (QED) is 0.486. The summed E-state index contributed by atoms with van der Waals surface area (Å²) in [6.45, 7) is 2.16. The lowest BCUT2D eigenvalue weighted by Gasteiger charge is -2.21. The molecule has 1 unspecified atom stereocenters. The normalized spacial score (nSPS) is 12.2. The highest BCUT2D eigenvalue weighted by atomic mass is 16.3. The fourth-order valence-corrected chi connectivity index (χ4v) is 1.39. The van der Waals surface area contributed by atoms with Gasteiger partial charge in [-0.05, 0) is 19.1 Å². The number of aromatic nitrogens is 1. The molecule has 5 nitrogen and oxygen atoms in total. The number of nitrogen functional groups attached to an aromatic ring is 1. The van der Waals surface area contributed by atoms with Crippen LogP contribution in [0.4, 0.5) is 5.82 Å². The van der Waals surface area contributed by atoms with E-state index in [1.54, 1.807) is 30.2 Å². The Morgan fingerprint density at radius 1 is 1.73 bits per heavy atom. The first-order valence-corrected chi connectivity index (χ1v) is 4.71. The van der Waals surface area contributed by atoms with E-state index in [0.717, 1.165) is 0 Å². The van der Waals surface area contributed by atoms with Crippen LogP contribution in [-0.2, 0) is 0 Å². The summed E-state index contributed by atoms with van der Waals surface area (Å²) >= 11 is 0. The molecule has 0 amide bonds. The van der Waals surface area contributed by atoms with Crippen molar-refractivity contribution >= 4 is 11.7 Å².